The van der Waals surface area contributed by atoms with Crippen LogP contribution in [-0.4, -0.2) is 10.5 Å². The maximum absolute atomic E-state index is 12.6. The minimum absolute atomic E-state index is 0.173. The minimum atomic E-state index is -0.383. The Labute approximate surface area is 143 Å². The Morgan fingerprint density at radius 1 is 1.29 bits per heavy atom. The molecule has 2 heterocycles. The predicted molar refractivity (Wildman–Crippen MR) is 96.3 cm³/mol. The summed E-state index contributed by atoms with van der Waals surface area (Å²) in [6, 6.07) is 9.57. The van der Waals surface area contributed by atoms with Crippen LogP contribution in [-0.2, 0) is 18.4 Å². The minimum Gasteiger partial charge on any atom is -0.408 e. The van der Waals surface area contributed by atoms with Gasteiger partial charge in [0.2, 0.25) is 5.88 Å². The lowest BCUT2D eigenvalue weighted by Crippen LogP contribution is -2.21. The number of aromatic nitrogens is 1. The van der Waals surface area contributed by atoms with Crippen LogP contribution in [0.1, 0.15) is 18.9 Å². The predicted octanol–water partition coefficient (Wildman–Crippen LogP) is 3.04. The molecule has 3 rings (SSSR count). The molecule has 0 radical (unpaired) electrons. The highest BCUT2D eigenvalue weighted by Gasteiger charge is 2.21. The van der Waals surface area contributed by atoms with Gasteiger partial charge in [-0.2, -0.15) is 0 Å². The lowest BCUT2D eigenvalue weighted by Gasteiger charge is -2.17. The quantitative estimate of drug-likeness (QED) is 0.740. The van der Waals surface area contributed by atoms with E-state index in [1.165, 1.54) is 15.9 Å². The fourth-order valence-electron chi connectivity index (χ4n) is 2.70. The van der Waals surface area contributed by atoms with Gasteiger partial charge in [-0.25, -0.2) is 0 Å². The normalized spacial score (nSPS) is 11.0. The smallest absolute Gasteiger partial charge is 0.312 e. The Kier molecular flexibility index (Phi) is 4.51. The largest absolute Gasteiger partial charge is 0.408 e. The Morgan fingerprint density at radius 2 is 2.04 bits per heavy atom. The number of rotatable bonds is 4. The zero-order chi connectivity index (χ0) is 17.3. The van der Waals surface area contributed by atoms with Crippen molar-refractivity contribution >= 4 is 27.4 Å². The average molecular weight is 342 g/mol. The lowest BCUT2D eigenvalue weighted by molar-refractivity contribution is -0.134. The fraction of sp³-hybridized carbons (Fsp3) is 0.222. The van der Waals surface area contributed by atoms with Crippen molar-refractivity contribution in [2.75, 3.05) is 0 Å². The SMILES string of the molecule is CCC(=O)Oc1c(-c2ccccc2CN)c2ccsc2c(=O)n1C. The summed E-state index contributed by atoms with van der Waals surface area (Å²) >= 11 is 1.38. The van der Waals surface area contributed by atoms with Gasteiger partial charge < -0.3 is 10.5 Å². The summed E-state index contributed by atoms with van der Waals surface area (Å²) in [4.78, 5) is 24.5. The molecular weight excluding hydrogens is 324 g/mol. The molecule has 0 amide bonds. The van der Waals surface area contributed by atoms with E-state index in [1.807, 2.05) is 35.7 Å². The van der Waals surface area contributed by atoms with Crippen molar-refractivity contribution in [3.05, 3.63) is 51.6 Å². The van der Waals surface area contributed by atoms with Crippen molar-refractivity contribution in [3.63, 3.8) is 0 Å². The molecule has 0 fully saturated rings. The first-order valence-electron chi connectivity index (χ1n) is 7.67. The number of nitrogens with two attached hydrogens (primary N) is 1. The van der Waals surface area contributed by atoms with Crippen LogP contribution in [0, 0.1) is 0 Å². The Hall–Kier alpha value is -2.44. The maximum atomic E-state index is 12.6. The van der Waals surface area contributed by atoms with Crippen molar-refractivity contribution in [2.24, 2.45) is 12.8 Å². The summed E-state index contributed by atoms with van der Waals surface area (Å²) in [5, 5.41) is 2.65. The molecule has 2 N–H and O–H groups in total. The van der Waals surface area contributed by atoms with Crippen molar-refractivity contribution in [3.8, 4) is 17.0 Å². The third-order valence-corrected chi connectivity index (χ3v) is 4.86. The van der Waals surface area contributed by atoms with Crippen LogP contribution in [0.2, 0.25) is 0 Å². The second kappa shape index (κ2) is 6.59. The Bertz CT molecular complexity index is 972. The number of carbonyl (C=O) groups excluding carboxylic acids is 1. The standard InChI is InChI=1S/C18H18N2O3S/c1-3-14(21)23-18-15(12-7-5-4-6-11(12)10-19)13-8-9-24-16(13)17(22)20(18)2/h4-9H,3,10,19H2,1-2H3. The van der Waals surface area contributed by atoms with Gasteiger partial charge in [0, 0.05) is 25.4 Å². The van der Waals surface area contributed by atoms with E-state index in [-0.39, 0.29) is 23.8 Å². The van der Waals surface area contributed by atoms with E-state index in [0.717, 1.165) is 22.1 Å². The lowest BCUT2D eigenvalue weighted by atomic mass is 9.98. The molecule has 0 saturated heterocycles. The van der Waals surface area contributed by atoms with Gasteiger partial charge in [-0.15, -0.1) is 11.3 Å². The molecule has 5 nitrogen and oxygen atoms in total. The average Bonchev–Trinajstić information content (AvgIpc) is 3.09. The summed E-state index contributed by atoms with van der Waals surface area (Å²) in [5.41, 5.74) is 8.24. The first-order valence-corrected chi connectivity index (χ1v) is 8.55. The van der Waals surface area contributed by atoms with Crippen molar-refractivity contribution in [1.82, 2.24) is 4.57 Å². The van der Waals surface area contributed by atoms with E-state index in [1.54, 1.807) is 14.0 Å². The first kappa shape index (κ1) is 16.4. The first-order chi connectivity index (χ1) is 11.6. The van der Waals surface area contributed by atoms with Crippen LogP contribution >= 0.6 is 11.3 Å². The van der Waals surface area contributed by atoms with Crippen molar-refractivity contribution < 1.29 is 9.53 Å². The molecule has 0 atom stereocenters. The number of carbonyl (C=O) groups is 1. The number of ether oxygens (including phenoxy) is 1. The molecular formula is C18H18N2O3S. The van der Waals surface area contributed by atoms with E-state index >= 15 is 0 Å². The van der Waals surface area contributed by atoms with Crippen molar-refractivity contribution in [1.29, 1.82) is 0 Å². The van der Waals surface area contributed by atoms with Crippen LogP contribution in [0.25, 0.3) is 21.2 Å². The molecule has 24 heavy (non-hydrogen) atoms. The fourth-order valence-corrected chi connectivity index (χ4v) is 3.58. The summed E-state index contributed by atoms with van der Waals surface area (Å²) in [6.45, 7) is 2.07. The summed E-state index contributed by atoms with van der Waals surface area (Å²) in [6.07, 6.45) is 0.230. The number of hydrogen-bond acceptors (Lipinski definition) is 5. The third-order valence-electron chi connectivity index (χ3n) is 3.96. The van der Waals surface area contributed by atoms with E-state index < -0.39 is 0 Å². The van der Waals surface area contributed by atoms with Gasteiger partial charge in [0.05, 0.1) is 5.56 Å². The van der Waals surface area contributed by atoms with E-state index in [0.29, 0.717) is 11.2 Å². The van der Waals surface area contributed by atoms with E-state index in [2.05, 4.69) is 0 Å². The van der Waals surface area contributed by atoms with Crippen LogP contribution in [0.15, 0.2) is 40.5 Å². The number of benzene rings is 1. The zero-order valence-electron chi connectivity index (χ0n) is 13.5. The summed E-state index contributed by atoms with van der Waals surface area (Å²) < 4.78 is 7.56. The molecule has 1 aromatic carbocycles. The molecule has 0 spiro atoms. The Morgan fingerprint density at radius 3 is 2.75 bits per heavy atom. The number of nitrogens with zero attached hydrogens (tertiary/aromatic N) is 1. The molecule has 0 aliphatic heterocycles. The molecule has 2 aromatic heterocycles. The van der Waals surface area contributed by atoms with E-state index in [9.17, 15) is 9.59 Å². The molecule has 124 valence electrons. The molecule has 0 saturated carbocycles. The number of esters is 1. The number of hydrogen-bond donors (Lipinski definition) is 1. The van der Waals surface area contributed by atoms with Gasteiger partial charge in [-0.3, -0.25) is 14.2 Å². The topological polar surface area (TPSA) is 74.3 Å². The zero-order valence-corrected chi connectivity index (χ0v) is 14.4. The van der Waals surface area contributed by atoms with Gasteiger partial charge >= 0.3 is 5.97 Å². The molecule has 3 aromatic rings. The molecule has 6 heteroatoms. The van der Waals surface area contributed by atoms with Crippen LogP contribution in [0.3, 0.4) is 0 Å². The number of fused-ring (bicyclic) bond motifs is 1. The molecule has 0 aliphatic rings. The number of pyridine rings is 1. The van der Waals surface area contributed by atoms with Gasteiger partial charge in [0.1, 0.15) is 4.70 Å². The Balaban J connectivity index is 2.42. The monoisotopic (exact) mass is 342 g/mol. The summed E-state index contributed by atoms with van der Waals surface area (Å²) in [7, 11) is 1.62. The van der Waals surface area contributed by atoms with Crippen LogP contribution in [0.4, 0.5) is 0 Å². The van der Waals surface area contributed by atoms with Gasteiger partial charge in [-0.05, 0) is 22.6 Å². The summed E-state index contributed by atoms with van der Waals surface area (Å²) in [5.74, 6) is -0.121. The van der Waals surface area contributed by atoms with Gasteiger partial charge in [-0.1, -0.05) is 31.2 Å². The second-order valence-electron chi connectivity index (χ2n) is 5.40. The second-order valence-corrected chi connectivity index (χ2v) is 6.31. The van der Waals surface area contributed by atoms with Gasteiger partial charge in [0.15, 0.2) is 0 Å². The van der Waals surface area contributed by atoms with Gasteiger partial charge in [0.25, 0.3) is 5.56 Å². The highest BCUT2D eigenvalue weighted by Crippen LogP contribution is 2.38. The highest BCUT2D eigenvalue weighted by molar-refractivity contribution is 7.17. The van der Waals surface area contributed by atoms with Crippen LogP contribution in [0.5, 0.6) is 5.88 Å². The van der Waals surface area contributed by atoms with Crippen molar-refractivity contribution in [2.45, 2.75) is 19.9 Å². The molecule has 0 aliphatic carbocycles. The molecule has 0 unspecified atom stereocenters. The maximum Gasteiger partial charge on any atom is 0.312 e. The van der Waals surface area contributed by atoms with Crippen LogP contribution < -0.4 is 16.0 Å². The highest BCUT2D eigenvalue weighted by atomic mass is 32.1. The third kappa shape index (κ3) is 2.64. The number of thiophene rings is 1. The molecule has 0 bridgehead atoms. The van der Waals surface area contributed by atoms with E-state index in [4.69, 9.17) is 10.5 Å².